The van der Waals surface area contributed by atoms with Crippen molar-refractivity contribution in [2.75, 3.05) is 13.1 Å². The maximum Gasteiger partial charge on any atom is 0.236 e. The summed E-state index contributed by atoms with van der Waals surface area (Å²) in [6.45, 7) is 8.45. The number of amides is 2. The summed E-state index contributed by atoms with van der Waals surface area (Å²) in [7, 11) is 0. The number of carbonyl (C=O) groups excluding carboxylic acids is 2. The number of hydrogen-bond acceptors (Lipinski definition) is 3. The summed E-state index contributed by atoms with van der Waals surface area (Å²) in [6, 6.07) is -0.156. The topological polar surface area (TPSA) is 70.2 Å². The molecule has 0 saturated carbocycles. The lowest BCUT2D eigenvalue weighted by molar-refractivity contribution is -0.123. The van der Waals surface area contributed by atoms with E-state index in [1.54, 1.807) is 6.92 Å². The summed E-state index contributed by atoms with van der Waals surface area (Å²) in [5.74, 6) is -0.149. The smallest absolute Gasteiger partial charge is 0.236 e. The minimum atomic E-state index is -0.345. The Morgan fingerprint density at radius 1 is 1.18 bits per heavy atom. The van der Waals surface area contributed by atoms with Gasteiger partial charge in [0, 0.05) is 12.6 Å². The van der Waals surface area contributed by atoms with Gasteiger partial charge in [-0.15, -0.1) is 0 Å². The van der Waals surface area contributed by atoms with Gasteiger partial charge in [-0.25, -0.2) is 0 Å². The van der Waals surface area contributed by atoms with Gasteiger partial charge in [0.2, 0.25) is 11.8 Å². The number of nitrogens with one attached hydrogen (secondary N) is 3. The lowest BCUT2D eigenvalue weighted by atomic mass is 10.2. The van der Waals surface area contributed by atoms with Crippen LogP contribution in [-0.4, -0.2) is 37.0 Å². The highest BCUT2D eigenvalue weighted by atomic mass is 16.2. The molecule has 0 rings (SSSR count). The van der Waals surface area contributed by atoms with Crippen LogP contribution in [0.2, 0.25) is 0 Å². The van der Waals surface area contributed by atoms with E-state index < -0.39 is 0 Å². The third-order valence-corrected chi connectivity index (χ3v) is 2.44. The molecule has 0 heterocycles. The van der Waals surface area contributed by atoms with Gasteiger partial charge in [-0.3, -0.25) is 14.9 Å². The molecule has 0 bridgehead atoms. The Hall–Kier alpha value is -1.10. The Bertz CT molecular complexity index is 244. The molecule has 0 radical (unpaired) electrons. The van der Waals surface area contributed by atoms with Crippen molar-refractivity contribution in [2.24, 2.45) is 0 Å². The molecule has 100 valence electrons. The van der Waals surface area contributed by atoms with Crippen LogP contribution in [0.1, 0.15) is 40.5 Å². The van der Waals surface area contributed by atoms with Crippen LogP contribution in [0.5, 0.6) is 0 Å². The third-order valence-electron chi connectivity index (χ3n) is 2.44. The van der Waals surface area contributed by atoms with E-state index in [1.807, 2.05) is 13.8 Å². The summed E-state index contributed by atoms with van der Waals surface area (Å²) in [4.78, 5) is 22.9. The first-order valence-electron chi connectivity index (χ1n) is 6.31. The standard InChI is InChI=1S/C12H25N3O2/c1-5-7-9(3)15-11(16)8-14-10(4)12(17)13-6-2/h9-10,14H,5-8H2,1-4H3,(H,13,17)(H,15,16). The van der Waals surface area contributed by atoms with Crippen LogP contribution in [0, 0.1) is 0 Å². The number of likely N-dealkylation sites (N-methyl/N-ethyl adjacent to an activating group) is 1. The van der Waals surface area contributed by atoms with Gasteiger partial charge in [-0.2, -0.15) is 0 Å². The Balaban J connectivity index is 3.79. The average Bonchev–Trinajstić information content (AvgIpc) is 2.26. The first kappa shape index (κ1) is 15.9. The zero-order chi connectivity index (χ0) is 13.3. The molecule has 3 N–H and O–H groups in total. The summed E-state index contributed by atoms with van der Waals surface area (Å²) in [5, 5.41) is 8.46. The van der Waals surface area contributed by atoms with E-state index in [4.69, 9.17) is 0 Å². The summed E-state index contributed by atoms with van der Waals surface area (Å²) in [6.07, 6.45) is 2.02. The minimum Gasteiger partial charge on any atom is -0.355 e. The first-order chi connectivity index (χ1) is 8.01. The highest BCUT2D eigenvalue weighted by molar-refractivity contribution is 5.83. The molecule has 0 aliphatic carbocycles. The zero-order valence-corrected chi connectivity index (χ0v) is 11.3. The van der Waals surface area contributed by atoms with Crippen molar-refractivity contribution in [3.8, 4) is 0 Å². The molecule has 0 fully saturated rings. The van der Waals surface area contributed by atoms with Gasteiger partial charge < -0.3 is 10.6 Å². The van der Waals surface area contributed by atoms with Gasteiger partial charge in [0.15, 0.2) is 0 Å². The molecule has 0 aliphatic heterocycles. The van der Waals surface area contributed by atoms with Gasteiger partial charge >= 0.3 is 0 Å². The van der Waals surface area contributed by atoms with E-state index in [0.717, 1.165) is 12.8 Å². The van der Waals surface area contributed by atoms with Gasteiger partial charge in [0.05, 0.1) is 12.6 Å². The van der Waals surface area contributed by atoms with E-state index in [9.17, 15) is 9.59 Å². The minimum absolute atomic E-state index is 0.0675. The number of hydrogen-bond donors (Lipinski definition) is 3. The van der Waals surface area contributed by atoms with Crippen LogP contribution in [0.15, 0.2) is 0 Å². The van der Waals surface area contributed by atoms with E-state index in [-0.39, 0.29) is 30.4 Å². The predicted octanol–water partition coefficient (Wildman–Crippen LogP) is 0.405. The molecular weight excluding hydrogens is 218 g/mol. The Morgan fingerprint density at radius 3 is 2.35 bits per heavy atom. The quantitative estimate of drug-likeness (QED) is 0.578. The second kappa shape index (κ2) is 8.98. The van der Waals surface area contributed by atoms with Crippen molar-refractivity contribution in [2.45, 2.75) is 52.6 Å². The SMILES string of the molecule is CCCC(C)NC(=O)CNC(C)C(=O)NCC. The molecule has 0 aromatic heterocycles. The summed E-state index contributed by atoms with van der Waals surface area (Å²) >= 11 is 0. The van der Waals surface area contributed by atoms with Crippen LogP contribution in [0.25, 0.3) is 0 Å². The molecule has 0 aromatic rings. The van der Waals surface area contributed by atoms with E-state index in [2.05, 4.69) is 22.9 Å². The third kappa shape index (κ3) is 7.74. The maximum atomic E-state index is 11.5. The second-order valence-electron chi connectivity index (χ2n) is 4.25. The Morgan fingerprint density at radius 2 is 1.82 bits per heavy atom. The highest BCUT2D eigenvalue weighted by Gasteiger charge is 2.13. The molecule has 5 nitrogen and oxygen atoms in total. The summed E-state index contributed by atoms with van der Waals surface area (Å²) < 4.78 is 0. The van der Waals surface area contributed by atoms with Gasteiger partial charge in [0.25, 0.3) is 0 Å². The van der Waals surface area contributed by atoms with Crippen molar-refractivity contribution in [1.29, 1.82) is 0 Å². The second-order valence-corrected chi connectivity index (χ2v) is 4.25. The fraction of sp³-hybridized carbons (Fsp3) is 0.833. The number of rotatable bonds is 8. The molecule has 0 aliphatic rings. The van der Waals surface area contributed by atoms with Crippen molar-refractivity contribution < 1.29 is 9.59 Å². The van der Waals surface area contributed by atoms with Crippen LogP contribution in [-0.2, 0) is 9.59 Å². The number of carbonyl (C=O) groups is 2. The molecule has 0 spiro atoms. The van der Waals surface area contributed by atoms with Crippen LogP contribution in [0.4, 0.5) is 0 Å². The molecule has 5 heteroatoms. The van der Waals surface area contributed by atoms with Crippen molar-refractivity contribution in [1.82, 2.24) is 16.0 Å². The Labute approximate surface area is 104 Å². The predicted molar refractivity (Wildman–Crippen MR) is 68.7 cm³/mol. The molecular formula is C12H25N3O2. The van der Waals surface area contributed by atoms with Crippen LogP contribution in [0.3, 0.4) is 0 Å². The molecule has 2 amide bonds. The average molecular weight is 243 g/mol. The van der Waals surface area contributed by atoms with Crippen molar-refractivity contribution in [3.05, 3.63) is 0 Å². The van der Waals surface area contributed by atoms with Crippen LogP contribution < -0.4 is 16.0 Å². The molecule has 0 aromatic carbocycles. The first-order valence-corrected chi connectivity index (χ1v) is 6.31. The molecule has 0 saturated heterocycles. The van der Waals surface area contributed by atoms with E-state index in [1.165, 1.54) is 0 Å². The monoisotopic (exact) mass is 243 g/mol. The van der Waals surface area contributed by atoms with E-state index >= 15 is 0 Å². The van der Waals surface area contributed by atoms with Gasteiger partial charge in [0.1, 0.15) is 0 Å². The lowest BCUT2D eigenvalue weighted by Gasteiger charge is -2.15. The van der Waals surface area contributed by atoms with Crippen LogP contribution >= 0.6 is 0 Å². The maximum absolute atomic E-state index is 11.5. The highest BCUT2D eigenvalue weighted by Crippen LogP contribution is 1.93. The molecule has 2 atom stereocenters. The largest absolute Gasteiger partial charge is 0.355 e. The lowest BCUT2D eigenvalue weighted by Crippen LogP contribution is -2.47. The van der Waals surface area contributed by atoms with Crippen molar-refractivity contribution in [3.63, 3.8) is 0 Å². The van der Waals surface area contributed by atoms with Crippen molar-refractivity contribution >= 4 is 11.8 Å². The Kier molecular flexibility index (Phi) is 8.40. The molecule has 17 heavy (non-hydrogen) atoms. The summed E-state index contributed by atoms with van der Waals surface area (Å²) in [5.41, 5.74) is 0. The molecule has 2 unspecified atom stereocenters. The van der Waals surface area contributed by atoms with Gasteiger partial charge in [-0.05, 0) is 27.2 Å². The normalized spacial score (nSPS) is 13.9. The zero-order valence-electron chi connectivity index (χ0n) is 11.3. The fourth-order valence-electron chi connectivity index (χ4n) is 1.50. The van der Waals surface area contributed by atoms with Gasteiger partial charge in [-0.1, -0.05) is 13.3 Å². The fourth-order valence-corrected chi connectivity index (χ4v) is 1.50. The van der Waals surface area contributed by atoms with E-state index in [0.29, 0.717) is 6.54 Å².